The van der Waals surface area contributed by atoms with Crippen LogP contribution in [0.2, 0.25) is 0 Å². The molecule has 0 spiro atoms. The van der Waals surface area contributed by atoms with Crippen LogP contribution in [0.15, 0.2) is 47.2 Å². The lowest BCUT2D eigenvalue weighted by molar-refractivity contribution is -0.136. The molecule has 1 saturated heterocycles. The Bertz CT molecular complexity index is 1120. The Kier molecular flexibility index (Phi) is 6.02. The second kappa shape index (κ2) is 8.74. The van der Waals surface area contributed by atoms with E-state index in [0.29, 0.717) is 24.4 Å². The summed E-state index contributed by atoms with van der Waals surface area (Å²) in [5.74, 6) is -1.07. The predicted octanol–water partition coefficient (Wildman–Crippen LogP) is 4.08. The Labute approximate surface area is 186 Å². The van der Waals surface area contributed by atoms with Crippen LogP contribution in [0.25, 0.3) is 11.8 Å². The van der Waals surface area contributed by atoms with E-state index in [1.165, 1.54) is 19.2 Å². The van der Waals surface area contributed by atoms with E-state index in [4.69, 9.17) is 9.47 Å². The van der Waals surface area contributed by atoms with Crippen LogP contribution in [0.3, 0.4) is 0 Å². The van der Waals surface area contributed by atoms with Crippen LogP contribution < -0.4 is 0 Å². The molecular weight excluding hydrogens is 411 g/mol. The minimum Gasteiger partial charge on any atom is -0.465 e. The molecular formula is C25H27FN2O4. The number of amides is 1. The zero-order chi connectivity index (χ0) is 23.0. The number of carbonyl (C=O) groups is 2. The number of allylic oxidation sites excluding steroid dienone is 1. The summed E-state index contributed by atoms with van der Waals surface area (Å²) >= 11 is 0. The maximum atomic E-state index is 13.4. The first kappa shape index (κ1) is 22.0. The van der Waals surface area contributed by atoms with E-state index in [1.54, 1.807) is 30.0 Å². The van der Waals surface area contributed by atoms with Gasteiger partial charge in [-0.05, 0) is 75.6 Å². The lowest BCUT2D eigenvalue weighted by atomic mass is 10.0. The molecule has 0 aliphatic carbocycles. The number of halogens is 1. The van der Waals surface area contributed by atoms with Crippen molar-refractivity contribution in [3.8, 4) is 5.69 Å². The van der Waals surface area contributed by atoms with Crippen molar-refractivity contribution < 1.29 is 23.5 Å². The molecule has 7 heteroatoms. The number of esters is 1. The van der Waals surface area contributed by atoms with Crippen LogP contribution in [-0.4, -0.2) is 47.7 Å². The van der Waals surface area contributed by atoms with Crippen LogP contribution in [0.4, 0.5) is 4.39 Å². The maximum absolute atomic E-state index is 13.4. The minimum absolute atomic E-state index is 0.0318. The van der Waals surface area contributed by atoms with Crippen molar-refractivity contribution in [1.29, 1.82) is 0 Å². The third-order valence-electron chi connectivity index (χ3n) is 6.17. The molecule has 1 fully saturated rings. The quantitative estimate of drug-likeness (QED) is 0.521. The van der Waals surface area contributed by atoms with Gasteiger partial charge in [0.1, 0.15) is 5.82 Å². The van der Waals surface area contributed by atoms with Crippen molar-refractivity contribution in [3.05, 3.63) is 69.9 Å². The van der Waals surface area contributed by atoms with Gasteiger partial charge in [-0.25, -0.2) is 9.18 Å². The molecule has 1 amide bonds. The van der Waals surface area contributed by atoms with Crippen molar-refractivity contribution in [3.63, 3.8) is 0 Å². The van der Waals surface area contributed by atoms with E-state index >= 15 is 0 Å². The first-order chi connectivity index (χ1) is 15.3. The topological polar surface area (TPSA) is 60.8 Å². The van der Waals surface area contributed by atoms with E-state index < -0.39 is 5.97 Å². The van der Waals surface area contributed by atoms with E-state index in [9.17, 15) is 14.0 Å². The number of ether oxygens (including phenoxy) is 2. The van der Waals surface area contributed by atoms with Crippen LogP contribution in [0.5, 0.6) is 0 Å². The highest BCUT2D eigenvalue weighted by atomic mass is 19.1. The van der Waals surface area contributed by atoms with Crippen LogP contribution in [-0.2, 0) is 19.1 Å². The number of methoxy groups -OCH3 is 1. The Hall–Kier alpha value is -3.19. The fourth-order valence-corrected chi connectivity index (χ4v) is 4.52. The van der Waals surface area contributed by atoms with Gasteiger partial charge in [0, 0.05) is 29.4 Å². The number of benzene rings is 1. The van der Waals surface area contributed by atoms with Gasteiger partial charge in [-0.15, -0.1) is 0 Å². The minimum atomic E-state index is -0.538. The van der Waals surface area contributed by atoms with Crippen molar-refractivity contribution in [1.82, 2.24) is 9.47 Å². The van der Waals surface area contributed by atoms with Gasteiger partial charge in [0.15, 0.2) is 0 Å². The standard InChI is InChI=1S/C25H27FN2O4/c1-15-12-18(16(2)28(15)20-9-7-19(26)8-10-20)13-22-23(25(30)31-4)17(3)27(24(22)29)14-21-6-5-11-32-21/h7-10,12-13,21H,5-6,11,14H2,1-4H3/b22-13+/t21-/m0/s1. The average Bonchev–Trinajstić information content (AvgIpc) is 3.44. The van der Waals surface area contributed by atoms with Crippen LogP contribution in [0.1, 0.15) is 36.7 Å². The Morgan fingerprint density at radius 3 is 2.59 bits per heavy atom. The molecule has 2 aliphatic heterocycles. The molecule has 2 aromatic rings. The fourth-order valence-electron chi connectivity index (χ4n) is 4.52. The number of hydrogen-bond donors (Lipinski definition) is 0. The third-order valence-corrected chi connectivity index (χ3v) is 6.17. The first-order valence-corrected chi connectivity index (χ1v) is 10.7. The van der Waals surface area contributed by atoms with Gasteiger partial charge in [-0.2, -0.15) is 0 Å². The molecule has 1 atom stereocenters. The fraction of sp³-hybridized carbons (Fsp3) is 0.360. The normalized spacial score (nSPS) is 20.0. The van der Waals surface area contributed by atoms with Gasteiger partial charge in [-0.1, -0.05) is 0 Å². The van der Waals surface area contributed by atoms with Gasteiger partial charge < -0.3 is 18.9 Å². The summed E-state index contributed by atoms with van der Waals surface area (Å²) in [5.41, 5.74) is 4.62. The lowest BCUT2D eigenvalue weighted by Crippen LogP contribution is -2.33. The van der Waals surface area contributed by atoms with E-state index in [2.05, 4.69) is 0 Å². The molecule has 2 aliphatic rings. The molecule has 3 heterocycles. The lowest BCUT2D eigenvalue weighted by Gasteiger charge is -2.21. The van der Waals surface area contributed by atoms with Gasteiger partial charge in [0.2, 0.25) is 0 Å². The van der Waals surface area contributed by atoms with Gasteiger partial charge in [-0.3, -0.25) is 4.79 Å². The molecule has 6 nitrogen and oxygen atoms in total. The zero-order valence-electron chi connectivity index (χ0n) is 18.8. The summed E-state index contributed by atoms with van der Waals surface area (Å²) in [6, 6.07) is 8.20. The van der Waals surface area contributed by atoms with Crippen molar-refractivity contribution in [2.45, 2.75) is 39.7 Å². The molecule has 32 heavy (non-hydrogen) atoms. The molecule has 0 bridgehead atoms. The summed E-state index contributed by atoms with van der Waals surface area (Å²) < 4.78 is 26.1. The van der Waals surface area contributed by atoms with E-state index in [1.807, 2.05) is 24.5 Å². The Morgan fingerprint density at radius 1 is 1.25 bits per heavy atom. The number of nitrogens with zero attached hydrogens (tertiary/aromatic N) is 2. The van der Waals surface area contributed by atoms with Crippen LogP contribution in [0, 0.1) is 19.7 Å². The maximum Gasteiger partial charge on any atom is 0.340 e. The predicted molar refractivity (Wildman–Crippen MR) is 119 cm³/mol. The summed E-state index contributed by atoms with van der Waals surface area (Å²) in [4.78, 5) is 27.6. The molecule has 0 radical (unpaired) electrons. The highest BCUT2D eigenvalue weighted by Gasteiger charge is 2.38. The first-order valence-electron chi connectivity index (χ1n) is 10.7. The molecule has 1 aromatic heterocycles. The van der Waals surface area contributed by atoms with Crippen molar-refractivity contribution in [2.75, 3.05) is 20.3 Å². The summed E-state index contributed by atoms with van der Waals surface area (Å²) in [6.07, 6.45) is 3.58. The van der Waals surface area contributed by atoms with Gasteiger partial charge >= 0.3 is 5.97 Å². The van der Waals surface area contributed by atoms with E-state index in [-0.39, 0.29) is 23.4 Å². The number of hydrogen-bond acceptors (Lipinski definition) is 4. The zero-order valence-corrected chi connectivity index (χ0v) is 18.8. The molecule has 0 unspecified atom stereocenters. The smallest absolute Gasteiger partial charge is 0.340 e. The molecule has 168 valence electrons. The van der Waals surface area contributed by atoms with Gasteiger partial charge in [0.25, 0.3) is 5.91 Å². The van der Waals surface area contributed by atoms with Crippen molar-refractivity contribution in [2.24, 2.45) is 0 Å². The highest BCUT2D eigenvalue weighted by molar-refractivity contribution is 6.16. The molecule has 0 saturated carbocycles. The number of aromatic nitrogens is 1. The monoisotopic (exact) mass is 438 g/mol. The summed E-state index contributed by atoms with van der Waals surface area (Å²) in [6.45, 7) is 6.75. The Balaban J connectivity index is 1.75. The van der Waals surface area contributed by atoms with Gasteiger partial charge in [0.05, 0.1) is 30.9 Å². The number of rotatable bonds is 5. The summed E-state index contributed by atoms with van der Waals surface area (Å²) in [5, 5.41) is 0. The second-order valence-electron chi connectivity index (χ2n) is 8.20. The summed E-state index contributed by atoms with van der Waals surface area (Å²) in [7, 11) is 1.31. The molecule has 0 N–H and O–H groups in total. The van der Waals surface area contributed by atoms with E-state index in [0.717, 1.165) is 35.5 Å². The Morgan fingerprint density at radius 2 is 1.97 bits per heavy atom. The number of aryl methyl sites for hydroxylation is 1. The average molecular weight is 438 g/mol. The highest BCUT2D eigenvalue weighted by Crippen LogP contribution is 2.34. The second-order valence-corrected chi connectivity index (χ2v) is 8.20. The SMILES string of the molecule is COC(=O)C1=C(C)N(C[C@@H]2CCCO2)C(=O)/C1=C/c1cc(C)n(-c2ccc(F)cc2)c1C. The number of carbonyl (C=O) groups excluding carboxylic acids is 2. The molecule has 4 rings (SSSR count). The largest absolute Gasteiger partial charge is 0.465 e. The van der Waals surface area contributed by atoms with Crippen LogP contribution >= 0.6 is 0 Å². The van der Waals surface area contributed by atoms with Crippen molar-refractivity contribution >= 4 is 18.0 Å². The third kappa shape index (κ3) is 3.88. The molecule has 1 aromatic carbocycles.